The van der Waals surface area contributed by atoms with E-state index in [0.717, 1.165) is 5.56 Å². The van der Waals surface area contributed by atoms with E-state index in [-0.39, 0.29) is 23.9 Å². The molecule has 4 rings (SSSR count). The summed E-state index contributed by atoms with van der Waals surface area (Å²) >= 11 is 0. The van der Waals surface area contributed by atoms with Crippen molar-refractivity contribution < 1.29 is 18.7 Å². The maximum absolute atomic E-state index is 13.5. The molecule has 0 saturated carbocycles. The minimum absolute atomic E-state index is 0.182. The predicted octanol–water partition coefficient (Wildman–Crippen LogP) is 5.02. The van der Waals surface area contributed by atoms with E-state index in [1.807, 2.05) is 30.3 Å². The number of aliphatic hydroxyl groups excluding tert-OH is 1. The molecule has 1 atom stereocenters. The molecule has 1 N–H and O–H groups in total. The molecule has 28 heavy (non-hydrogen) atoms. The molecule has 140 valence electrons. The number of nitrogens with zero attached hydrogens (tertiary/aromatic N) is 1. The lowest BCUT2D eigenvalue weighted by Gasteiger charge is -2.27. The largest absolute Gasteiger partial charge is 0.503 e. The van der Waals surface area contributed by atoms with Gasteiger partial charge in [-0.1, -0.05) is 54.6 Å². The molecule has 3 nitrogen and oxygen atoms in total. The van der Waals surface area contributed by atoms with E-state index < -0.39 is 11.9 Å². The van der Waals surface area contributed by atoms with Crippen LogP contribution in [-0.2, 0) is 11.3 Å². The Morgan fingerprint density at radius 1 is 0.821 bits per heavy atom. The first-order valence-corrected chi connectivity index (χ1v) is 8.84. The van der Waals surface area contributed by atoms with E-state index >= 15 is 0 Å². The summed E-state index contributed by atoms with van der Waals surface area (Å²) in [6, 6.07) is 20.3. The first-order valence-electron chi connectivity index (χ1n) is 8.84. The van der Waals surface area contributed by atoms with Crippen molar-refractivity contribution in [3.63, 3.8) is 0 Å². The van der Waals surface area contributed by atoms with Gasteiger partial charge in [-0.2, -0.15) is 0 Å². The number of carbonyl (C=O) groups is 1. The molecule has 5 heteroatoms. The molecule has 0 bridgehead atoms. The summed E-state index contributed by atoms with van der Waals surface area (Å²) in [4.78, 5) is 14.4. The van der Waals surface area contributed by atoms with Crippen LogP contribution in [0.15, 0.2) is 84.6 Å². The lowest BCUT2D eigenvalue weighted by Crippen LogP contribution is -2.29. The van der Waals surface area contributed by atoms with E-state index in [2.05, 4.69) is 0 Å². The first kappa shape index (κ1) is 17.9. The van der Waals surface area contributed by atoms with Crippen molar-refractivity contribution in [2.75, 3.05) is 0 Å². The third kappa shape index (κ3) is 3.27. The average Bonchev–Trinajstić information content (AvgIpc) is 2.96. The highest BCUT2D eigenvalue weighted by atomic mass is 19.1. The molecule has 0 radical (unpaired) electrons. The van der Waals surface area contributed by atoms with E-state index in [9.17, 15) is 18.7 Å². The zero-order valence-electron chi connectivity index (χ0n) is 14.8. The number of rotatable bonds is 4. The third-order valence-electron chi connectivity index (χ3n) is 4.84. The van der Waals surface area contributed by atoms with Gasteiger partial charge in [0.1, 0.15) is 11.6 Å². The van der Waals surface area contributed by atoms with Crippen LogP contribution in [0.4, 0.5) is 8.78 Å². The Bertz CT molecular complexity index is 1030. The van der Waals surface area contributed by atoms with E-state index in [1.54, 1.807) is 24.3 Å². The summed E-state index contributed by atoms with van der Waals surface area (Å²) in [5, 5.41) is 10.6. The fraction of sp³-hybridized carbons (Fsp3) is 0.0870. The SMILES string of the molecule is O=C1C(O)=C(c2ccccc2)[C@H](c2ccc(F)cc2)N1Cc1ccc(F)cc1. The van der Waals surface area contributed by atoms with Gasteiger partial charge in [-0.15, -0.1) is 0 Å². The van der Waals surface area contributed by atoms with Gasteiger partial charge in [0.05, 0.1) is 6.04 Å². The van der Waals surface area contributed by atoms with Gasteiger partial charge < -0.3 is 10.0 Å². The molecule has 0 spiro atoms. The van der Waals surface area contributed by atoms with Crippen LogP contribution in [0.5, 0.6) is 0 Å². The average molecular weight is 377 g/mol. The van der Waals surface area contributed by atoms with Crippen molar-refractivity contribution in [2.24, 2.45) is 0 Å². The summed E-state index contributed by atoms with van der Waals surface area (Å²) in [5.74, 6) is -1.59. The Labute approximate surface area is 161 Å². The van der Waals surface area contributed by atoms with Crippen LogP contribution in [0, 0.1) is 11.6 Å². The monoisotopic (exact) mass is 377 g/mol. The minimum atomic E-state index is -0.583. The van der Waals surface area contributed by atoms with Gasteiger partial charge in [0, 0.05) is 12.1 Å². The molecule has 0 unspecified atom stereocenters. The second-order valence-corrected chi connectivity index (χ2v) is 6.64. The zero-order chi connectivity index (χ0) is 19.7. The fourth-order valence-corrected chi connectivity index (χ4v) is 3.51. The molecular formula is C23H17F2NO2. The Kier molecular flexibility index (Phi) is 4.65. The quantitative estimate of drug-likeness (QED) is 0.694. The predicted molar refractivity (Wildman–Crippen MR) is 102 cm³/mol. The summed E-state index contributed by atoms with van der Waals surface area (Å²) in [6.45, 7) is 0.182. The molecule has 0 saturated heterocycles. The second-order valence-electron chi connectivity index (χ2n) is 6.64. The van der Waals surface area contributed by atoms with Crippen LogP contribution in [0.3, 0.4) is 0 Å². The van der Waals surface area contributed by atoms with Gasteiger partial charge in [-0.05, 0) is 41.0 Å². The van der Waals surface area contributed by atoms with Crippen molar-refractivity contribution in [2.45, 2.75) is 12.6 Å². The standard InChI is InChI=1S/C23H17F2NO2/c24-18-10-6-15(7-11-18)14-26-21(17-8-12-19(25)13-9-17)20(22(27)23(26)28)16-4-2-1-3-5-16/h1-13,21,27H,14H2/t21-/m0/s1. The lowest BCUT2D eigenvalue weighted by atomic mass is 9.93. The number of hydrogen-bond acceptors (Lipinski definition) is 2. The fourth-order valence-electron chi connectivity index (χ4n) is 3.51. The van der Waals surface area contributed by atoms with Crippen LogP contribution < -0.4 is 0 Å². The maximum atomic E-state index is 13.5. The minimum Gasteiger partial charge on any atom is -0.503 e. The van der Waals surface area contributed by atoms with Gasteiger partial charge in [0.25, 0.3) is 5.91 Å². The topological polar surface area (TPSA) is 40.5 Å². The van der Waals surface area contributed by atoms with E-state index in [4.69, 9.17) is 0 Å². The Hall–Kier alpha value is -3.47. The summed E-state index contributed by atoms with van der Waals surface area (Å²) in [7, 11) is 0. The molecule has 0 fully saturated rings. The van der Waals surface area contributed by atoms with Gasteiger partial charge >= 0.3 is 0 Å². The Balaban J connectivity index is 1.80. The molecule has 1 aliphatic heterocycles. The van der Waals surface area contributed by atoms with Crippen LogP contribution in [0.25, 0.3) is 5.57 Å². The molecule has 0 aliphatic carbocycles. The molecule has 1 heterocycles. The van der Waals surface area contributed by atoms with Crippen LogP contribution >= 0.6 is 0 Å². The van der Waals surface area contributed by atoms with Gasteiger partial charge in [-0.3, -0.25) is 4.79 Å². The summed E-state index contributed by atoms with van der Waals surface area (Å²) in [6.07, 6.45) is 0. The second kappa shape index (κ2) is 7.27. The number of carbonyl (C=O) groups excluding carboxylic acids is 1. The van der Waals surface area contributed by atoms with Gasteiger partial charge in [-0.25, -0.2) is 8.78 Å². The maximum Gasteiger partial charge on any atom is 0.290 e. The van der Waals surface area contributed by atoms with Crippen LogP contribution in [-0.4, -0.2) is 15.9 Å². The van der Waals surface area contributed by atoms with Gasteiger partial charge in [0.2, 0.25) is 0 Å². The normalized spacial score (nSPS) is 16.7. The van der Waals surface area contributed by atoms with Crippen LogP contribution in [0.1, 0.15) is 22.7 Å². The van der Waals surface area contributed by atoms with Gasteiger partial charge in [0.15, 0.2) is 5.76 Å². The number of amides is 1. The molecule has 0 aromatic heterocycles. The molecule has 1 aliphatic rings. The lowest BCUT2D eigenvalue weighted by molar-refractivity contribution is -0.130. The van der Waals surface area contributed by atoms with E-state index in [1.165, 1.54) is 29.2 Å². The van der Waals surface area contributed by atoms with Crippen molar-refractivity contribution >= 4 is 11.5 Å². The number of hydrogen-bond donors (Lipinski definition) is 1. The highest BCUT2D eigenvalue weighted by molar-refractivity contribution is 6.05. The number of aliphatic hydroxyl groups is 1. The number of benzene rings is 3. The Morgan fingerprint density at radius 3 is 2.00 bits per heavy atom. The van der Waals surface area contributed by atoms with Crippen molar-refractivity contribution in [1.82, 2.24) is 4.90 Å². The molecule has 1 amide bonds. The highest BCUT2D eigenvalue weighted by Gasteiger charge is 2.40. The summed E-state index contributed by atoms with van der Waals surface area (Å²) in [5.41, 5.74) is 2.59. The smallest absolute Gasteiger partial charge is 0.290 e. The number of halogens is 2. The Morgan fingerprint density at radius 2 is 1.39 bits per heavy atom. The van der Waals surface area contributed by atoms with Crippen molar-refractivity contribution in [3.05, 3.63) is 113 Å². The van der Waals surface area contributed by atoms with Crippen LogP contribution in [0.2, 0.25) is 0 Å². The molecule has 3 aromatic rings. The summed E-state index contributed by atoms with van der Waals surface area (Å²) < 4.78 is 26.7. The van der Waals surface area contributed by atoms with Crippen molar-refractivity contribution in [1.29, 1.82) is 0 Å². The third-order valence-corrected chi connectivity index (χ3v) is 4.84. The molecular weight excluding hydrogens is 360 g/mol. The first-order chi connectivity index (χ1) is 13.5. The molecule has 3 aromatic carbocycles. The van der Waals surface area contributed by atoms with E-state index in [0.29, 0.717) is 16.7 Å². The highest BCUT2D eigenvalue weighted by Crippen LogP contribution is 2.43. The zero-order valence-corrected chi connectivity index (χ0v) is 14.8. The van der Waals surface area contributed by atoms with Crippen molar-refractivity contribution in [3.8, 4) is 0 Å².